The van der Waals surface area contributed by atoms with Gasteiger partial charge in [0.2, 0.25) is 10.0 Å². The highest BCUT2D eigenvalue weighted by Gasteiger charge is 2.24. The Labute approximate surface area is 126 Å². The molecule has 0 saturated heterocycles. The van der Waals surface area contributed by atoms with Gasteiger partial charge in [-0.3, -0.25) is 9.40 Å². The highest BCUT2D eigenvalue weighted by molar-refractivity contribution is 7.94. The van der Waals surface area contributed by atoms with E-state index in [4.69, 9.17) is 5.14 Å². The van der Waals surface area contributed by atoms with Crippen molar-refractivity contribution in [1.29, 1.82) is 0 Å². The molecule has 2 aromatic heterocycles. The molecule has 0 aliphatic heterocycles. The maximum atomic E-state index is 12.2. The zero-order valence-electron chi connectivity index (χ0n) is 11.3. The molecule has 11 heteroatoms. The lowest BCUT2D eigenvalue weighted by Crippen LogP contribution is -2.17. The molecule has 8 nitrogen and oxygen atoms in total. The number of rotatable bonds is 5. The van der Waals surface area contributed by atoms with Gasteiger partial charge in [0.15, 0.2) is 5.82 Å². The number of nitrogens with zero attached hydrogens (tertiary/aromatic N) is 2. The van der Waals surface area contributed by atoms with Crippen molar-refractivity contribution in [2.45, 2.75) is 22.4 Å². The molecule has 0 aromatic carbocycles. The molecule has 0 atom stereocenters. The summed E-state index contributed by atoms with van der Waals surface area (Å²) in [6.07, 6.45) is 1.85. The zero-order chi connectivity index (χ0) is 15.8. The smallest absolute Gasteiger partial charge is 0.272 e. The number of thiophene rings is 1. The number of hydrogen-bond donors (Lipinski definition) is 2. The first-order valence-corrected chi connectivity index (χ1v) is 9.66. The molecule has 2 rings (SSSR count). The van der Waals surface area contributed by atoms with Crippen molar-refractivity contribution in [3.05, 3.63) is 23.2 Å². The lowest BCUT2D eigenvalue weighted by molar-refractivity contribution is 0.598. The summed E-state index contributed by atoms with van der Waals surface area (Å²) < 4.78 is 50.7. The standard InChI is InChI=1S/C10H14N4O4S3/c1-3-7-4-5-9(19-7)21(17,18)13-10-8(20(11,15)16)6-14(2)12-10/h4-6H,3H2,1-2H3,(H,12,13)(H2,11,15,16). The van der Waals surface area contributed by atoms with E-state index in [1.165, 1.54) is 17.8 Å². The average molecular weight is 350 g/mol. The van der Waals surface area contributed by atoms with Crippen molar-refractivity contribution in [2.75, 3.05) is 4.72 Å². The van der Waals surface area contributed by atoms with E-state index in [1.54, 1.807) is 6.07 Å². The second kappa shape index (κ2) is 5.40. The summed E-state index contributed by atoms with van der Waals surface area (Å²) in [5, 5.41) is 8.83. The van der Waals surface area contributed by atoms with Gasteiger partial charge in [0, 0.05) is 18.1 Å². The molecule has 0 unspecified atom stereocenters. The molecule has 0 bridgehead atoms. The first kappa shape index (κ1) is 15.9. The van der Waals surface area contributed by atoms with E-state index in [0.29, 0.717) is 6.42 Å². The Balaban J connectivity index is 2.42. The van der Waals surface area contributed by atoms with E-state index >= 15 is 0 Å². The zero-order valence-corrected chi connectivity index (χ0v) is 13.7. The third-order valence-corrected chi connectivity index (χ3v) is 6.56. The van der Waals surface area contributed by atoms with Crippen molar-refractivity contribution >= 4 is 37.2 Å². The van der Waals surface area contributed by atoms with Gasteiger partial charge in [0.25, 0.3) is 10.0 Å². The Hall–Kier alpha value is -1.43. The van der Waals surface area contributed by atoms with Crippen LogP contribution < -0.4 is 9.86 Å². The van der Waals surface area contributed by atoms with Gasteiger partial charge in [-0.15, -0.1) is 11.3 Å². The molecule has 0 aliphatic carbocycles. The van der Waals surface area contributed by atoms with Gasteiger partial charge in [-0.1, -0.05) is 6.92 Å². The van der Waals surface area contributed by atoms with Crippen molar-refractivity contribution < 1.29 is 16.8 Å². The number of hydrogen-bond acceptors (Lipinski definition) is 6. The minimum atomic E-state index is -4.07. The maximum absolute atomic E-state index is 12.2. The summed E-state index contributed by atoms with van der Waals surface area (Å²) in [6.45, 7) is 1.91. The quantitative estimate of drug-likeness (QED) is 0.812. The highest BCUT2D eigenvalue weighted by Crippen LogP contribution is 2.26. The average Bonchev–Trinajstić information content (AvgIpc) is 2.94. The number of aromatic nitrogens is 2. The van der Waals surface area contributed by atoms with Crippen LogP contribution in [0.15, 0.2) is 27.4 Å². The third kappa shape index (κ3) is 3.43. The Kier molecular flexibility index (Phi) is 4.10. The van der Waals surface area contributed by atoms with Gasteiger partial charge in [-0.05, 0) is 18.6 Å². The minimum absolute atomic E-state index is 0.0883. The molecule has 2 heterocycles. The molecule has 21 heavy (non-hydrogen) atoms. The van der Waals surface area contributed by atoms with Gasteiger partial charge in [-0.25, -0.2) is 22.0 Å². The fourth-order valence-electron chi connectivity index (χ4n) is 1.62. The molecule has 0 saturated carbocycles. The van der Waals surface area contributed by atoms with Gasteiger partial charge in [0.1, 0.15) is 9.10 Å². The molecular formula is C10H14N4O4S3. The van der Waals surface area contributed by atoms with E-state index in [2.05, 4.69) is 9.82 Å². The Morgan fingerprint density at radius 3 is 2.52 bits per heavy atom. The molecule has 0 aliphatic rings. The predicted octanol–water partition coefficient (Wildman–Crippen LogP) is 0.492. The monoisotopic (exact) mass is 350 g/mol. The van der Waals surface area contributed by atoms with Crippen LogP contribution in [0.5, 0.6) is 0 Å². The van der Waals surface area contributed by atoms with Gasteiger partial charge >= 0.3 is 0 Å². The fraction of sp³-hybridized carbons (Fsp3) is 0.300. The summed E-state index contributed by atoms with van der Waals surface area (Å²) in [6, 6.07) is 3.17. The molecule has 116 valence electrons. The topological polar surface area (TPSA) is 124 Å². The van der Waals surface area contributed by atoms with Crippen LogP contribution >= 0.6 is 11.3 Å². The first-order valence-electron chi connectivity index (χ1n) is 5.81. The van der Waals surface area contributed by atoms with Crippen LogP contribution in [-0.2, 0) is 33.5 Å². The number of sulfonamides is 2. The second-order valence-corrected chi connectivity index (χ2v) is 8.85. The third-order valence-electron chi connectivity index (χ3n) is 2.58. The fourth-order valence-corrected chi connectivity index (χ4v) is 4.65. The van der Waals surface area contributed by atoms with Gasteiger partial charge < -0.3 is 0 Å². The van der Waals surface area contributed by atoms with Gasteiger partial charge in [-0.2, -0.15) is 5.10 Å². The van der Waals surface area contributed by atoms with Gasteiger partial charge in [0.05, 0.1) is 0 Å². The van der Waals surface area contributed by atoms with Crippen molar-refractivity contribution in [3.8, 4) is 0 Å². The molecular weight excluding hydrogens is 336 g/mol. The van der Waals surface area contributed by atoms with E-state index in [9.17, 15) is 16.8 Å². The summed E-state index contributed by atoms with van der Waals surface area (Å²) in [4.78, 5) is 0.531. The molecule has 0 fully saturated rings. The predicted molar refractivity (Wildman–Crippen MR) is 79.1 cm³/mol. The van der Waals surface area contributed by atoms with Crippen LogP contribution in [0.3, 0.4) is 0 Å². The van der Waals surface area contributed by atoms with Crippen LogP contribution in [0.4, 0.5) is 5.82 Å². The molecule has 0 amide bonds. The highest BCUT2D eigenvalue weighted by atomic mass is 32.2. The summed E-state index contributed by atoms with van der Waals surface area (Å²) in [5.41, 5.74) is 0. The van der Waals surface area contributed by atoms with E-state index < -0.39 is 20.0 Å². The van der Waals surface area contributed by atoms with Crippen LogP contribution in [0.2, 0.25) is 0 Å². The Morgan fingerprint density at radius 2 is 2.00 bits per heavy atom. The number of nitrogens with two attached hydrogens (primary N) is 1. The maximum Gasteiger partial charge on any atom is 0.272 e. The second-order valence-electron chi connectivity index (χ2n) is 4.24. The molecule has 0 radical (unpaired) electrons. The van der Waals surface area contributed by atoms with E-state index in [1.807, 2.05) is 6.92 Å². The van der Waals surface area contributed by atoms with Crippen LogP contribution in [0, 0.1) is 0 Å². The minimum Gasteiger partial charge on any atom is -0.272 e. The Morgan fingerprint density at radius 1 is 1.33 bits per heavy atom. The number of primary sulfonamides is 1. The lowest BCUT2D eigenvalue weighted by atomic mass is 10.4. The largest absolute Gasteiger partial charge is 0.272 e. The molecule has 3 N–H and O–H groups in total. The first-order chi connectivity index (χ1) is 9.63. The number of anilines is 1. The summed E-state index contributed by atoms with van der Waals surface area (Å²) in [7, 11) is -6.51. The van der Waals surface area contributed by atoms with Crippen LogP contribution in [-0.4, -0.2) is 26.6 Å². The summed E-state index contributed by atoms with van der Waals surface area (Å²) >= 11 is 1.11. The summed E-state index contributed by atoms with van der Waals surface area (Å²) in [5.74, 6) is -0.313. The van der Waals surface area contributed by atoms with Crippen LogP contribution in [0.25, 0.3) is 0 Å². The van der Waals surface area contributed by atoms with E-state index in [0.717, 1.165) is 22.4 Å². The number of nitrogens with one attached hydrogen (secondary N) is 1. The van der Waals surface area contributed by atoms with Crippen LogP contribution in [0.1, 0.15) is 11.8 Å². The Bertz CT molecular complexity index is 864. The number of aryl methyl sites for hydroxylation is 2. The normalized spacial score (nSPS) is 12.5. The molecule has 2 aromatic rings. The van der Waals surface area contributed by atoms with Crippen molar-refractivity contribution in [1.82, 2.24) is 9.78 Å². The lowest BCUT2D eigenvalue weighted by Gasteiger charge is -2.04. The van der Waals surface area contributed by atoms with Crippen molar-refractivity contribution in [3.63, 3.8) is 0 Å². The SMILES string of the molecule is CCc1ccc(S(=O)(=O)Nc2nn(C)cc2S(N)(=O)=O)s1. The van der Waals surface area contributed by atoms with Crippen molar-refractivity contribution in [2.24, 2.45) is 12.2 Å². The molecule has 0 spiro atoms. The van der Waals surface area contributed by atoms with E-state index in [-0.39, 0.29) is 14.9 Å².